The first-order chi connectivity index (χ1) is 10.5. The molecule has 0 aliphatic rings. The highest BCUT2D eigenvalue weighted by molar-refractivity contribution is 7.15. The molecule has 7 heteroatoms. The van der Waals surface area contributed by atoms with Gasteiger partial charge in [0.15, 0.2) is 4.96 Å². The van der Waals surface area contributed by atoms with Crippen LogP contribution < -0.4 is 5.56 Å². The van der Waals surface area contributed by atoms with Crippen LogP contribution >= 0.6 is 34.5 Å². The Bertz CT molecular complexity index is 875. The van der Waals surface area contributed by atoms with E-state index in [0.29, 0.717) is 28.1 Å². The molecule has 0 unspecified atom stereocenters. The van der Waals surface area contributed by atoms with Crippen molar-refractivity contribution in [3.8, 4) is 0 Å². The van der Waals surface area contributed by atoms with Gasteiger partial charge in [-0.1, -0.05) is 29.3 Å². The van der Waals surface area contributed by atoms with Gasteiger partial charge < -0.3 is 0 Å². The summed E-state index contributed by atoms with van der Waals surface area (Å²) in [5.41, 5.74) is 1.77. The topological polar surface area (TPSA) is 37.6 Å². The molecule has 0 atom stereocenters. The summed E-state index contributed by atoms with van der Waals surface area (Å²) < 4.78 is 1.55. The summed E-state index contributed by atoms with van der Waals surface area (Å²) >= 11 is 13.4. The molecule has 0 bridgehead atoms. The van der Waals surface area contributed by atoms with Gasteiger partial charge in [-0.05, 0) is 24.7 Å². The second-order valence-corrected chi connectivity index (χ2v) is 6.75. The summed E-state index contributed by atoms with van der Waals surface area (Å²) in [4.78, 5) is 19.3. The van der Waals surface area contributed by atoms with Crippen LogP contribution in [0.4, 0.5) is 0 Å². The number of rotatable bonds is 4. The molecular formula is C15H13Cl2N3OS. The predicted molar refractivity (Wildman–Crippen MR) is 91.0 cm³/mol. The number of hydrogen-bond donors (Lipinski definition) is 0. The number of fused-ring (bicyclic) bond motifs is 1. The average molecular weight is 354 g/mol. The van der Waals surface area contributed by atoms with Gasteiger partial charge in [-0.15, -0.1) is 11.3 Å². The Kier molecular flexibility index (Phi) is 4.49. The normalized spacial score (nSPS) is 11.5. The Morgan fingerprint density at radius 3 is 2.82 bits per heavy atom. The van der Waals surface area contributed by atoms with Crippen molar-refractivity contribution in [3.05, 3.63) is 67.5 Å². The molecule has 114 valence electrons. The number of halogens is 2. The molecule has 0 radical (unpaired) electrons. The van der Waals surface area contributed by atoms with Gasteiger partial charge in [0, 0.05) is 30.7 Å². The third-order valence-electron chi connectivity index (χ3n) is 3.22. The van der Waals surface area contributed by atoms with E-state index in [1.54, 1.807) is 22.7 Å². The molecule has 0 fully saturated rings. The minimum absolute atomic E-state index is 0.0517. The molecule has 0 spiro atoms. The first kappa shape index (κ1) is 15.5. The van der Waals surface area contributed by atoms with Gasteiger partial charge >= 0.3 is 0 Å². The summed E-state index contributed by atoms with van der Waals surface area (Å²) in [6, 6.07) is 7.15. The lowest BCUT2D eigenvalue weighted by Crippen LogP contribution is -2.21. The SMILES string of the molecule is CN(Cc1ccc(Cl)c(Cl)c1)Cc1cc(=O)n2ccsc2n1. The molecule has 1 aromatic carbocycles. The average Bonchev–Trinajstić information content (AvgIpc) is 2.91. The number of benzene rings is 1. The van der Waals surface area contributed by atoms with Crippen LogP contribution in [0, 0.1) is 0 Å². The lowest BCUT2D eigenvalue weighted by Gasteiger charge is -2.16. The first-order valence-corrected chi connectivity index (χ1v) is 8.25. The fraction of sp³-hybridized carbons (Fsp3) is 0.200. The van der Waals surface area contributed by atoms with E-state index in [0.717, 1.165) is 11.3 Å². The molecule has 0 aliphatic carbocycles. The fourth-order valence-electron chi connectivity index (χ4n) is 2.25. The van der Waals surface area contributed by atoms with E-state index in [9.17, 15) is 4.79 Å². The zero-order valence-corrected chi connectivity index (χ0v) is 14.1. The van der Waals surface area contributed by atoms with Crippen molar-refractivity contribution in [2.75, 3.05) is 7.05 Å². The van der Waals surface area contributed by atoms with E-state index in [1.165, 1.54) is 11.3 Å². The van der Waals surface area contributed by atoms with Crippen LogP contribution in [0.25, 0.3) is 4.96 Å². The molecule has 0 saturated carbocycles. The van der Waals surface area contributed by atoms with E-state index >= 15 is 0 Å². The Morgan fingerprint density at radius 2 is 2.05 bits per heavy atom. The van der Waals surface area contributed by atoms with E-state index in [2.05, 4.69) is 9.88 Å². The smallest absolute Gasteiger partial charge is 0.258 e. The Morgan fingerprint density at radius 1 is 1.23 bits per heavy atom. The largest absolute Gasteiger partial charge is 0.296 e. The molecule has 4 nitrogen and oxygen atoms in total. The highest BCUT2D eigenvalue weighted by Gasteiger charge is 2.08. The van der Waals surface area contributed by atoms with Crippen LogP contribution in [0.5, 0.6) is 0 Å². The zero-order valence-electron chi connectivity index (χ0n) is 11.8. The molecule has 3 aromatic rings. The van der Waals surface area contributed by atoms with Gasteiger partial charge in [0.2, 0.25) is 0 Å². The van der Waals surface area contributed by atoms with E-state index in [4.69, 9.17) is 23.2 Å². The third-order valence-corrected chi connectivity index (χ3v) is 4.72. The predicted octanol–water partition coefficient (Wildman–Crippen LogP) is 3.69. The summed E-state index contributed by atoms with van der Waals surface area (Å²) in [7, 11) is 1.97. The summed E-state index contributed by atoms with van der Waals surface area (Å²) in [6.45, 7) is 1.28. The fourth-order valence-corrected chi connectivity index (χ4v) is 3.31. The second kappa shape index (κ2) is 6.38. The second-order valence-electron chi connectivity index (χ2n) is 5.06. The van der Waals surface area contributed by atoms with Crippen LogP contribution in [0.3, 0.4) is 0 Å². The van der Waals surface area contributed by atoms with Gasteiger partial charge in [-0.25, -0.2) is 4.98 Å². The third kappa shape index (κ3) is 3.33. The highest BCUT2D eigenvalue weighted by Crippen LogP contribution is 2.23. The van der Waals surface area contributed by atoms with E-state index < -0.39 is 0 Å². The summed E-state index contributed by atoms with van der Waals surface area (Å²) in [5.74, 6) is 0. The molecule has 2 heterocycles. The van der Waals surface area contributed by atoms with Gasteiger partial charge in [0.1, 0.15) is 0 Å². The standard InChI is InChI=1S/C15H13Cl2N3OS/c1-19(8-10-2-3-12(16)13(17)6-10)9-11-7-14(21)20-4-5-22-15(20)18-11/h2-7H,8-9H2,1H3. The molecule has 0 N–H and O–H groups in total. The number of hydrogen-bond acceptors (Lipinski definition) is 4. The first-order valence-electron chi connectivity index (χ1n) is 6.61. The van der Waals surface area contributed by atoms with Crippen LogP contribution in [-0.4, -0.2) is 21.3 Å². The lowest BCUT2D eigenvalue weighted by molar-refractivity contribution is 0.315. The van der Waals surface area contributed by atoms with Crippen LogP contribution in [0.2, 0.25) is 10.0 Å². The molecule has 0 aliphatic heterocycles. The summed E-state index contributed by atoms with van der Waals surface area (Å²) in [5, 5.41) is 2.95. The van der Waals surface area contributed by atoms with Crippen molar-refractivity contribution in [1.82, 2.24) is 14.3 Å². The Labute approximate surface area is 141 Å². The van der Waals surface area contributed by atoms with Gasteiger partial charge in [-0.3, -0.25) is 14.1 Å². The molecule has 0 amide bonds. The van der Waals surface area contributed by atoms with Crippen molar-refractivity contribution in [3.63, 3.8) is 0 Å². The van der Waals surface area contributed by atoms with Crippen LogP contribution in [-0.2, 0) is 13.1 Å². The van der Waals surface area contributed by atoms with Crippen molar-refractivity contribution in [1.29, 1.82) is 0 Å². The molecule has 22 heavy (non-hydrogen) atoms. The van der Waals surface area contributed by atoms with Crippen LogP contribution in [0.1, 0.15) is 11.3 Å². The van der Waals surface area contributed by atoms with Crippen molar-refractivity contribution < 1.29 is 0 Å². The minimum Gasteiger partial charge on any atom is -0.296 e. The number of thiazole rings is 1. The zero-order chi connectivity index (χ0) is 15.7. The maximum atomic E-state index is 12.0. The lowest BCUT2D eigenvalue weighted by atomic mass is 10.2. The molecule has 2 aromatic heterocycles. The molecule has 3 rings (SSSR count). The van der Waals surface area contributed by atoms with Crippen molar-refractivity contribution >= 4 is 39.5 Å². The minimum atomic E-state index is -0.0517. The van der Waals surface area contributed by atoms with E-state index in [-0.39, 0.29) is 5.56 Å². The highest BCUT2D eigenvalue weighted by atomic mass is 35.5. The Balaban J connectivity index is 1.76. The molecule has 0 saturated heterocycles. The van der Waals surface area contributed by atoms with Gasteiger partial charge in [0.05, 0.1) is 15.7 Å². The van der Waals surface area contributed by atoms with Gasteiger partial charge in [-0.2, -0.15) is 0 Å². The Hall–Kier alpha value is -1.40. The maximum Gasteiger partial charge on any atom is 0.258 e. The monoisotopic (exact) mass is 353 g/mol. The molecular weight excluding hydrogens is 341 g/mol. The quantitative estimate of drug-likeness (QED) is 0.717. The summed E-state index contributed by atoms with van der Waals surface area (Å²) in [6.07, 6.45) is 1.73. The van der Waals surface area contributed by atoms with Crippen molar-refractivity contribution in [2.45, 2.75) is 13.1 Å². The van der Waals surface area contributed by atoms with Crippen LogP contribution in [0.15, 0.2) is 40.6 Å². The maximum absolute atomic E-state index is 12.0. The van der Waals surface area contributed by atoms with E-state index in [1.807, 2.05) is 24.6 Å². The number of nitrogens with zero attached hydrogens (tertiary/aromatic N) is 3. The number of aromatic nitrogens is 2. The van der Waals surface area contributed by atoms with Gasteiger partial charge in [0.25, 0.3) is 5.56 Å². The van der Waals surface area contributed by atoms with Crippen molar-refractivity contribution in [2.24, 2.45) is 0 Å².